The maximum absolute atomic E-state index is 12.6. The van der Waals surface area contributed by atoms with Crippen molar-refractivity contribution in [3.8, 4) is 0 Å². The molecule has 0 bridgehead atoms. The fourth-order valence-electron chi connectivity index (χ4n) is 2.32. The van der Waals surface area contributed by atoms with E-state index in [1.165, 1.54) is 0 Å². The zero-order chi connectivity index (χ0) is 18.8. The lowest BCUT2D eigenvalue weighted by atomic mass is 10.1. The van der Waals surface area contributed by atoms with Crippen molar-refractivity contribution < 1.29 is 37.0 Å². The van der Waals surface area contributed by atoms with Gasteiger partial charge in [0, 0.05) is 19.2 Å². The van der Waals surface area contributed by atoms with Crippen LogP contribution in [-0.2, 0) is 30.0 Å². The molecule has 1 aliphatic rings. The van der Waals surface area contributed by atoms with Crippen LogP contribution in [-0.4, -0.2) is 42.5 Å². The van der Waals surface area contributed by atoms with Crippen LogP contribution >= 0.6 is 11.6 Å². The number of alkyl halides is 3. The Hall–Kier alpha value is -2.13. The van der Waals surface area contributed by atoms with Crippen LogP contribution < -0.4 is 4.90 Å². The number of nitrogens with zero attached hydrogens (tertiary/aromatic N) is 1. The minimum absolute atomic E-state index is 0.0145. The third kappa shape index (κ3) is 4.49. The summed E-state index contributed by atoms with van der Waals surface area (Å²) in [5, 5.41) is -1.09. The summed E-state index contributed by atoms with van der Waals surface area (Å²) >= 11 is 5.36. The number of hydrogen-bond donors (Lipinski definition) is 0. The number of morpholine rings is 1. The van der Waals surface area contributed by atoms with Gasteiger partial charge in [-0.2, -0.15) is 13.2 Å². The third-order valence-electron chi connectivity index (χ3n) is 3.42. The second-order valence-corrected chi connectivity index (χ2v) is 5.53. The molecule has 136 valence electrons. The van der Waals surface area contributed by atoms with Crippen LogP contribution in [0.2, 0.25) is 0 Å². The molecule has 0 N–H and O–H groups in total. The largest absolute Gasteiger partial charge is 0.450 e. The van der Waals surface area contributed by atoms with Crippen molar-refractivity contribution in [3.63, 3.8) is 0 Å². The molecule has 6 nitrogen and oxygen atoms in total. The van der Waals surface area contributed by atoms with Crippen molar-refractivity contribution in [1.82, 2.24) is 0 Å². The molecule has 1 amide bonds. The Balaban J connectivity index is 2.24. The Bertz CT molecular complexity index is 677. The monoisotopic (exact) mass is 379 g/mol. The van der Waals surface area contributed by atoms with Gasteiger partial charge in [0.15, 0.2) is 6.10 Å². The van der Waals surface area contributed by atoms with Crippen molar-refractivity contribution in [2.75, 3.05) is 18.1 Å². The molecule has 1 heterocycles. The molecule has 0 spiro atoms. The number of anilines is 1. The lowest BCUT2D eigenvalue weighted by Crippen LogP contribution is -2.55. The Labute approximate surface area is 145 Å². The fraction of sp³-hybridized carbons (Fsp3) is 0.400. The van der Waals surface area contributed by atoms with Gasteiger partial charge >= 0.3 is 12.1 Å². The lowest BCUT2D eigenvalue weighted by Gasteiger charge is -2.34. The van der Waals surface area contributed by atoms with Gasteiger partial charge in [0.05, 0.1) is 12.2 Å². The molecule has 0 radical (unpaired) electrons. The predicted molar refractivity (Wildman–Crippen MR) is 80.0 cm³/mol. The molecular formula is C15H13ClF3NO5. The number of carbonyl (C=O) groups is 3. The van der Waals surface area contributed by atoms with Gasteiger partial charge in [0.2, 0.25) is 6.10 Å². The molecule has 0 unspecified atom stereocenters. The summed E-state index contributed by atoms with van der Waals surface area (Å²) in [5.74, 6) is -1.58. The van der Waals surface area contributed by atoms with Gasteiger partial charge in [0.1, 0.15) is 0 Å². The fourth-order valence-corrected chi connectivity index (χ4v) is 2.47. The van der Waals surface area contributed by atoms with E-state index < -0.39 is 41.1 Å². The Morgan fingerprint density at radius 2 is 1.92 bits per heavy atom. The quantitative estimate of drug-likeness (QED) is 0.592. The molecule has 0 aromatic heterocycles. The van der Waals surface area contributed by atoms with E-state index in [0.717, 1.165) is 36.1 Å². The van der Waals surface area contributed by atoms with Gasteiger partial charge in [-0.1, -0.05) is 0 Å². The number of esters is 1. The molecule has 1 aromatic rings. The summed E-state index contributed by atoms with van der Waals surface area (Å²) in [5.41, 5.74) is -0.669. The molecule has 10 heteroatoms. The zero-order valence-electron chi connectivity index (χ0n) is 12.9. The van der Waals surface area contributed by atoms with Crippen molar-refractivity contribution in [1.29, 1.82) is 0 Å². The number of rotatable bonds is 4. The first kappa shape index (κ1) is 19.2. The predicted octanol–water partition coefficient (Wildman–Crippen LogP) is 2.13. The summed E-state index contributed by atoms with van der Waals surface area (Å²) in [6, 6.07) is 3.94. The van der Waals surface area contributed by atoms with Crippen LogP contribution in [0.1, 0.15) is 12.5 Å². The highest BCUT2D eigenvalue weighted by Gasteiger charge is 2.42. The van der Waals surface area contributed by atoms with E-state index in [0.29, 0.717) is 0 Å². The standard InChI is InChI=1S/C15H13ClF3NO5/c1-8(21)25-11(13(16)22)12-14(23)20(6-7-24-12)10-4-2-9(3-5-10)15(17,18)19/h2-5,11-12H,6-7H2,1H3/t11-,12-/m1/s1. The van der Waals surface area contributed by atoms with E-state index in [-0.39, 0.29) is 18.8 Å². The van der Waals surface area contributed by atoms with Crippen LogP contribution in [0.15, 0.2) is 24.3 Å². The van der Waals surface area contributed by atoms with Crippen LogP contribution in [0.5, 0.6) is 0 Å². The van der Waals surface area contributed by atoms with Gasteiger partial charge in [-0.3, -0.25) is 14.4 Å². The molecule has 1 aliphatic heterocycles. The zero-order valence-corrected chi connectivity index (χ0v) is 13.6. The molecule has 0 saturated carbocycles. The van der Waals surface area contributed by atoms with Crippen LogP contribution in [0.3, 0.4) is 0 Å². The average Bonchev–Trinajstić information content (AvgIpc) is 2.52. The van der Waals surface area contributed by atoms with E-state index in [1.54, 1.807) is 0 Å². The minimum Gasteiger partial charge on any atom is -0.450 e. The van der Waals surface area contributed by atoms with Crippen molar-refractivity contribution in [2.24, 2.45) is 0 Å². The summed E-state index contributed by atoms with van der Waals surface area (Å²) in [6.45, 7) is 1.08. The summed E-state index contributed by atoms with van der Waals surface area (Å²) in [6.07, 6.45) is -7.60. The molecule has 1 fully saturated rings. The van der Waals surface area contributed by atoms with Gasteiger partial charge in [-0.15, -0.1) is 0 Å². The third-order valence-corrected chi connectivity index (χ3v) is 3.63. The van der Waals surface area contributed by atoms with E-state index in [4.69, 9.17) is 21.1 Å². The summed E-state index contributed by atoms with van der Waals surface area (Å²) in [7, 11) is 0. The van der Waals surface area contributed by atoms with Crippen molar-refractivity contribution >= 4 is 34.4 Å². The van der Waals surface area contributed by atoms with Crippen LogP contribution in [0, 0.1) is 0 Å². The number of benzene rings is 1. The van der Waals surface area contributed by atoms with Gasteiger partial charge in [-0.25, -0.2) is 0 Å². The highest BCUT2D eigenvalue weighted by molar-refractivity contribution is 6.65. The molecular weight excluding hydrogens is 367 g/mol. The van der Waals surface area contributed by atoms with Gasteiger partial charge < -0.3 is 14.4 Å². The maximum Gasteiger partial charge on any atom is 0.416 e. The molecule has 2 atom stereocenters. The Morgan fingerprint density at radius 3 is 2.40 bits per heavy atom. The first-order valence-electron chi connectivity index (χ1n) is 7.08. The number of halogens is 4. The van der Waals surface area contributed by atoms with Crippen LogP contribution in [0.25, 0.3) is 0 Å². The number of ether oxygens (including phenoxy) is 2. The molecule has 0 aliphatic carbocycles. The highest BCUT2D eigenvalue weighted by Crippen LogP contribution is 2.31. The average molecular weight is 380 g/mol. The summed E-state index contributed by atoms with van der Waals surface area (Å²) in [4.78, 5) is 36.2. The molecule has 1 saturated heterocycles. The van der Waals surface area contributed by atoms with E-state index in [9.17, 15) is 27.6 Å². The number of carbonyl (C=O) groups excluding carboxylic acids is 3. The SMILES string of the molecule is CC(=O)O[C@@H](C(=O)Cl)[C@H]1OCCN(c2ccc(C(F)(F)F)cc2)C1=O. The Kier molecular flexibility index (Phi) is 5.69. The smallest absolute Gasteiger partial charge is 0.416 e. The highest BCUT2D eigenvalue weighted by atomic mass is 35.5. The second kappa shape index (κ2) is 7.40. The second-order valence-electron chi connectivity index (χ2n) is 5.16. The van der Waals surface area contributed by atoms with E-state index >= 15 is 0 Å². The number of hydrogen-bond acceptors (Lipinski definition) is 5. The minimum atomic E-state index is -4.50. The summed E-state index contributed by atoms with van der Waals surface area (Å²) < 4.78 is 47.8. The van der Waals surface area contributed by atoms with Gasteiger partial charge in [-0.05, 0) is 35.9 Å². The van der Waals surface area contributed by atoms with E-state index in [1.807, 2.05) is 0 Å². The Morgan fingerprint density at radius 1 is 1.32 bits per heavy atom. The van der Waals surface area contributed by atoms with Crippen LogP contribution in [0.4, 0.5) is 18.9 Å². The first-order valence-corrected chi connectivity index (χ1v) is 7.46. The first-order chi connectivity index (χ1) is 11.6. The molecule has 25 heavy (non-hydrogen) atoms. The normalized spacial score (nSPS) is 19.5. The topological polar surface area (TPSA) is 72.9 Å². The van der Waals surface area contributed by atoms with Crippen molar-refractivity contribution in [2.45, 2.75) is 25.3 Å². The number of amides is 1. The molecule has 1 aromatic carbocycles. The van der Waals surface area contributed by atoms with Crippen molar-refractivity contribution in [3.05, 3.63) is 29.8 Å². The van der Waals surface area contributed by atoms with Gasteiger partial charge in [0.25, 0.3) is 11.1 Å². The van der Waals surface area contributed by atoms with E-state index in [2.05, 4.69) is 0 Å². The maximum atomic E-state index is 12.6. The lowest BCUT2D eigenvalue weighted by molar-refractivity contribution is -0.165. The molecule has 2 rings (SSSR count).